The van der Waals surface area contributed by atoms with Crippen molar-refractivity contribution in [1.82, 2.24) is 4.98 Å². The number of hydrogen-bond donors (Lipinski definition) is 1. The minimum absolute atomic E-state index is 0.440. The molecule has 1 aromatic heterocycles. The second kappa shape index (κ2) is 6.90. The Morgan fingerprint density at radius 3 is 2.86 bits per heavy atom. The predicted octanol–water partition coefficient (Wildman–Crippen LogP) is 4.52. The second-order valence-corrected chi connectivity index (χ2v) is 5.83. The molecule has 0 unspecified atom stereocenters. The van der Waals surface area contributed by atoms with E-state index in [0.29, 0.717) is 12.7 Å². The Balaban J connectivity index is 1.82. The first-order chi connectivity index (χ1) is 10.4. The van der Waals surface area contributed by atoms with Crippen molar-refractivity contribution in [2.45, 2.75) is 51.7 Å². The number of aromatic nitrogens is 1. The number of ether oxygens (including phenoxy) is 1. The Bertz CT molecular complexity index is 591. The van der Waals surface area contributed by atoms with Gasteiger partial charge in [-0.2, -0.15) is 0 Å². The minimum atomic E-state index is 0.440. The van der Waals surface area contributed by atoms with Crippen LogP contribution in [0, 0.1) is 0 Å². The Labute approximate surface area is 126 Å². The number of nitrogens with one attached hydrogen (secondary N) is 1. The third-order valence-corrected chi connectivity index (χ3v) is 4.12. The fourth-order valence-corrected chi connectivity index (χ4v) is 2.93. The monoisotopic (exact) mass is 284 g/mol. The number of rotatable bonds is 6. The first-order valence-electron chi connectivity index (χ1n) is 8.11. The van der Waals surface area contributed by atoms with Crippen LogP contribution in [-0.2, 0) is 11.3 Å². The zero-order valence-corrected chi connectivity index (χ0v) is 12.8. The summed E-state index contributed by atoms with van der Waals surface area (Å²) < 4.78 is 6.08. The maximum absolute atomic E-state index is 6.08. The summed E-state index contributed by atoms with van der Waals surface area (Å²) >= 11 is 0. The van der Waals surface area contributed by atoms with Gasteiger partial charge in [-0.3, -0.25) is 0 Å². The molecule has 0 aliphatic heterocycles. The van der Waals surface area contributed by atoms with Crippen LogP contribution < -0.4 is 5.32 Å². The van der Waals surface area contributed by atoms with E-state index in [1.165, 1.54) is 36.6 Å². The van der Waals surface area contributed by atoms with Gasteiger partial charge in [0.25, 0.3) is 0 Å². The summed E-state index contributed by atoms with van der Waals surface area (Å²) in [7, 11) is 0. The van der Waals surface area contributed by atoms with Crippen LogP contribution in [-0.4, -0.2) is 17.6 Å². The van der Waals surface area contributed by atoms with Gasteiger partial charge in [0.1, 0.15) is 5.82 Å². The summed E-state index contributed by atoms with van der Waals surface area (Å²) in [5.41, 5.74) is 2.22. The van der Waals surface area contributed by atoms with E-state index >= 15 is 0 Å². The highest BCUT2D eigenvalue weighted by molar-refractivity contribution is 5.81. The Hall–Kier alpha value is -1.61. The van der Waals surface area contributed by atoms with Crippen LogP contribution >= 0.6 is 0 Å². The van der Waals surface area contributed by atoms with Gasteiger partial charge in [-0.15, -0.1) is 0 Å². The van der Waals surface area contributed by atoms with E-state index in [2.05, 4.69) is 36.5 Å². The zero-order valence-electron chi connectivity index (χ0n) is 12.8. The van der Waals surface area contributed by atoms with E-state index in [4.69, 9.17) is 9.72 Å². The van der Waals surface area contributed by atoms with E-state index in [1.54, 1.807) is 0 Å². The summed E-state index contributed by atoms with van der Waals surface area (Å²) in [6, 6.07) is 10.5. The van der Waals surface area contributed by atoms with Crippen LogP contribution in [0.5, 0.6) is 0 Å². The number of pyridine rings is 1. The van der Waals surface area contributed by atoms with Crippen LogP contribution in [0.25, 0.3) is 10.9 Å². The lowest BCUT2D eigenvalue weighted by Gasteiger charge is -2.15. The third kappa shape index (κ3) is 3.53. The Morgan fingerprint density at radius 1 is 1.24 bits per heavy atom. The fourth-order valence-electron chi connectivity index (χ4n) is 2.93. The standard InChI is InChI=1S/C18H24N2O/c1-2-11-19-18-15(13-21-16-8-4-5-9-16)12-14-7-3-6-10-17(14)20-18/h3,6-7,10,12,16H,2,4-5,8-9,11,13H2,1H3,(H,19,20). The number of nitrogens with zero attached hydrogens (tertiary/aromatic N) is 1. The lowest BCUT2D eigenvalue weighted by Crippen LogP contribution is -2.11. The predicted molar refractivity (Wildman–Crippen MR) is 87.6 cm³/mol. The van der Waals surface area contributed by atoms with Gasteiger partial charge in [-0.1, -0.05) is 38.0 Å². The molecule has 21 heavy (non-hydrogen) atoms. The van der Waals surface area contributed by atoms with Crippen LogP contribution in [0.4, 0.5) is 5.82 Å². The number of hydrogen-bond acceptors (Lipinski definition) is 3. The van der Waals surface area contributed by atoms with Crippen molar-refractivity contribution < 1.29 is 4.74 Å². The number of anilines is 1. The van der Waals surface area contributed by atoms with Gasteiger partial charge in [0.2, 0.25) is 0 Å². The highest BCUT2D eigenvalue weighted by Crippen LogP contribution is 2.25. The van der Waals surface area contributed by atoms with Crippen LogP contribution in [0.2, 0.25) is 0 Å². The normalized spacial score (nSPS) is 15.7. The molecule has 1 fully saturated rings. The molecule has 1 saturated carbocycles. The number of benzene rings is 1. The molecule has 1 heterocycles. The quantitative estimate of drug-likeness (QED) is 0.847. The molecule has 112 valence electrons. The molecule has 0 atom stereocenters. The van der Waals surface area contributed by atoms with Gasteiger partial charge >= 0.3 is 0 Å². The molecule has 3 heteroatoms. The van der Waals surface area contributed by atoms with Gasteiger partial charge in [-0.05, 0) is 31.4 Å². The van der Waals surface area contributed by atoms with Crippen molar-refractivity contribution >= 4 is 16.7 Å². The van der Waals surface area contributed by atoms with E-state index in [1.807, 2.05) is 6.07 Å². The van der Waals surface area contributed by atoms with E-state index in [0.717, 1.165) is 24.3 Å². The van der Waals surface area contributed by atoms with E-state index < -0.39 is 0 Å². The zero-order chi connectivity index (χ0) is 14.5. The van der Waals surface area contributed by atoms with Gasteiger partial charge in [0.05, 0.1) is 18.2 Å². The molecule has 3 rings (SSSR count). The summed E-state index contributed by atoms with van der Waals surface area (Å²) in [6.07, 6.45) is 6.56. The molecule has 0 spiro atoms. The maximum Gasteiger partial charge on any atom is 0.132 e. The van der Waals surface area contributed by atoms with Crippen molar-refractivity contribution in [2.24, 2.45) is 0 Å². The summed E-state index contributed by atoms with van der Waals surface area (Å²) in [6.45, 7) is 3.78. The number of para-hydroxylation sites is 1. The minimum Gasteiger partial charge on any atom is -0.373 e. The molecule has 3 nitrogen and oxygen atoms in total. The highest BCUT2D eigenvalue weighted by Gasteiger charge is 2.16. The van der Waals surface area contributed by atoms with Gasteiger partial charge < -0.3 is 10.1 Å². The average Bonchev–Trinajstić information content (AvgIpc) is 3.04. The Morgan fingerprint density at radius 2 is 2.05 bits per heavy atom. The van der Waals surface area contributed by atoms with E-state index in [-0.39, 0.29) is 0 Å². The van der Waals surface area contributed by atoms with Gasteiger partial charge in [0.15, 0.2) is 0 Å². The average molecular weight is 284 g/mol. The van der Waals surface area contributed by atoms with Gasteiger partial charge in [0, 0.05) is 17.5 Å². The lowest BCUT2D eigenvalue weighted by molar-refractivity contribution is 0.0459. The lowest BCUT2D eigenvalue weighted by atomic mass is 10.1. The largest absolute Gasteiger partial charge is 0.373 e. The summed E-state index contributed by atoms with van der Waals surface area (Å²) in [5, 5.41) is 4.62. The molecule has 1 N–H and O–H groups in total. The van der Waals surface area contributed by atoms with Gasteiger partial charge in [-0.25, -0.2) is 4.98 Å². The first-order valence-corrected chi connectivity index (χ1v) is 8.11. The van der Waals surface area contributed by atoms with E-state index in [9.17, 15) is 0 Å². The van der Waals surface area contributed by atoms with Crippen molar-refractivity contribution in [2.75, 3.05) is 11.9 Å². The molecule has 1 aliphatic carbocycles. The van der Waals surface area contributed by atoms with Crippen LogP contribution in [0.1, 0.15) is 44.6 Å². The smallest absolute Gasteiger partial charge is 0.132 e. The highest BCUT2D eigenvalue weighted by atomic mass is 16.5. The number of fused-ring (bicyclic) bond motifs is 1. The van der Waals surface area contributed by atoms with Crippen molar-refractivity contribution in [3.63, 3.8) is 0 Å². The van der Waals surface area contributed by atoms with Crippen LogP contribution in [0.3, 0.4) is 0 Å². The first kappa shape index (κ1) is 14.3. The van der Waals surface area contributed by atoms with Crippen molar-refractivity contribution in [1.29, 1.82) is 0 Å². The SMILES string of the molecule is CCCNc1nc2ccccc2cc1COC1CCCC1. The molecule has 0 saturated heterocycles. The van der Waals surface area contributed by atoms with Crippen LogP contribution in [0.15, 0.2) is 30.3 Å². The molecular formula is C18H24N2O. The second-order valence-electron chi connectivity index (χ2n) is 5.83. The topological polar surface area (TPSA) is 34.2 Å². The molecule has 1 aliphatic rings. The molecule has 1 aromatic carbocycles. The fraction of sp³-hybridized carbons (Fsp3) is 0.500. The molecule has 0 amide bonds. The van der Waals surface area contributed by atoms with Crippen molar-refractivity contribution in [3.05, 3.63) is 35.9 Å². The van der Waals surface area contributed by atoms with Crippen molar-refractivity contribution in [3.8, 4) is 0 Å². The summed E-state index contributed by atoms with van der Waals surface area (Å²) in [4.78, 5) is 4.77. The molecular weight excluding hydrogens is 260 g/mol. The summed E-state index contributed by atoms with van der Waals surface area (Å²) in [5.74, 6) is 0.980. The maximum atomic E-state index is 6.08. The third-order valence-electron chi connectivity index (χ3n) is 4.12. The Kier molecular flexibility index (Phi) is 4.71. The molecule has 2 aromatic rings. The molecule has 0 radical (unpaired) electrons. The molecule has 0 bridgehead atoms.